The van der Waals surface area contributed by atoms with E-state index in [4.69, 9.17) is 14.7 Å². The average Bonchev–Trinajstić information content (AvgIpc) is 3.20. The van der Waals surface area contributed by atoms with Crippen molar-refractivity contribution in [3.8, 4) is 16.5 Å². The predicted molar refractivity (Wildman–Crippen MR) is 148 cm³/mol. The van der Waals surface area contributed by atoms with Crippen molar-refractivity contribution in [1.29, 1.82) is 0 Å². The van der Waals surface area contributed by atoms with E-state index in [9.17, 15) is 19.5 Å². The minimum absolute atomic E-state index is 0.177. The first-order valence-corrected chi connectivity index (χ1v) is 13.8. The maximum absolute atomic E-state index is 13.5. The lowest BCUT2D eigenvalue weighted by atomic mass is 9.91. The number of aliphatic carboxylic acids is 1. The number of likely N-dealkylation sites (tertiary alicyclic amines) is 1. The molecular formula is C29H32N4O5S. The highest BCUT2D eigenvalue weighted by Gasteiger charge is 2.61. The van der Waals surface area contributed by atoms with E-state index in [0.29, 0.717) is 17.1 Å². The number of thiophene rings is 1. The Hall–Kier alpha value is -3.79. The SMILES string of the molecule is C=C[C@@H]1C[C@]1(NC(=O)[C@@H]1C[C@@H](Oc2nc3ccccc3nc2-c2cccs2)CN1C(=O)CC(C)(C)C)C(=O)O. The van der Waals surface area contributed by atoms with E-state index in [-0.39, 0.29) is 43.0 Å². The van der Waals surface area contributed by atoms with Crippen molar-refractivity contribution < 1.29 is 24.2 Å². The van der Waals surface area contributed by atoms with E-state index >= 15 is 0 Å². The minimum atomic E-state index is -1.38. The molecule has 2 amide bonds. The molecule has 2 aliphatic rings. The highest BCUT2D eigenvalue weighted by Crippen LogP contribution is 2.45. The zero-order chi connectivity index (χ0) is 27.9. The Morgan fingerprint density at radius 3 is 2.51 bits per heavy atom. The summed E-state index contributed by atoms with van der Waals surface area (Å²) in [7, 11) is 0. The summed E-state index contributed by atoms with van der Waals surface area (Å²) in [5, 5.41) is 14.5. The maximum Gasteiger partial charge on any atom is 0.330 e. The second-order valence-corrected chi connectivity index (χ2v) is 12.4. The quantitative estimate of drug-likeness (QED) is 0.403. The average molecular weight is 549 g/mol. The summed E-state index contributed by atoms with van der Waals surface area (Å²) in [5.74, 6) is -1.81. The van der Waals surface area contributed by atoms with Crippen LogP contribution in [0.5, 0.6) is 5.88 Å². The molecule has 204 valence electrons. The van der Waals surface area contributed by atoms with Crippen molar-refractivity contribution in [1.82, 2.24) is 20.2 Å². The molecule has 2 fully saturated rings. The van der Waals surface area contributed by atoms with E-state index in [0.717, 1.165) is 10.4 Å². The lowest BCUT2D eigenvalue weighted by Crippen LogP contribution is -2.53. The lowest BCUT2D eigenvalue weighted by molar-refractivity contribution is -0.145. The van der Waals surface area contributed by atoms with Crippen LogP contribution in [0.1, 0.15) is 40.0 Å². The van der Waals surface area contributed by atoms with E-state index < -0.39 is 29.6 Å². The Labute approximate surface area is 230 Å². The van der Waals surface area contributed by atoms with Crippen molar-refractivity contribution in [3.05, 3.63) is 54.4 Å². The van der Waals surface area contributed by atoms with Gasteiger partial charge in [-0.15, -0.1) is 17.9 Å². The van der Waals surface area contributed by atoms with Crippen LogP contribution in [0.3, 0.4) is 0 Å². The van der Waals surface area contributed by atoms with Crippen molar-refractivity contribution in [2.75, 3.05) is 6.54 Å². The fourth-order valence-electron chi connectivity index (χ4n) is 5.08. The summed E-state index contributed by atoms with van der Waals surface area (Å²) in [6.07, 6.45) is 1.72. The second kappa shape index (κ2) is 10.1. The van der Waals surface area contributed by atoms with Crippen LogP contribution in [0.25, 0.3) is 21.6 Å². The largest absolute Gasteiger partial charge is 0.479 e. The molecule has 0 bridgehead atoms. The Balaban J connectivity index is 1.44. The summed E-state index contributed by atoms with van der Waals surface area (Å²) >= 11 is 1.52. The number of nitrogens with zero attached hydrogens (tertiary/aromatic N) is 3. The number of hydrogen-bond donors (Lipinski definition) is 2. The van der Waals surface area contributed by atoms with Gasteiger partial charge in [-0.1, -0.05) is 45.0 Å². The fraction of sp³-hybridized carbons (Fsp3) is 0.414. The molecule has 1 saturated heterocycles. The topological polar surface area (TPSA) is 122 Å². The van der Waals surface area contributed by atoms with Gasteiger partial charge in [-0.3, -0.25) is 9.59 Å². The van der Waals surface area contributed by atoms with Gasteiger partial charge in [0.1, 0.15) is 23.4 Å². The van der Waals surface area contributed by atoms with Gasteiger partial charge in [-0.2, -0.15) is 0 Å². The fourth-order valence-corrected chi connectivity index (χ4v) is 5.78. The summed E-state index contributed by atoms with van der Waals surface area (Å²) in [6, 6.07) is 10.5. The number of aromatic nitrogens is 2. The van der Waals surface area contributed by atoms with Gasteiger partial charge in [0.25, 0.3) is 0 Å². The number of nitrogens with one attached hydrogen (secondary N) is 1. The zero-order valence-electron chi connectivity index (χ0n) is 22.2. The highest BCUT2D eigenvalue weighted by molar-refractivity contribution is 7.13. The van der Waals surface area contributed by atoms with Gasteiger partial charge in [0, 0.05) is 18.8 Å². The van der Waals surface area contributed by atoms with Crippen LogP contribution in [0.2, 0.25) is 0 Å². The molecule has 1 aliphatic heterocycles. The molecule has 0 radical (unpaired) electrons. The number of hydrogen-bond acceptors (Lipinski definition) is 7. The standard InChI is InChI=1S/C29H32N4O5S/c1-5-17-14-29(17,27(36)37)32-25(35)21-13-18(16-33(21)23(34)15-28(2,3)4)38-26-24(22-11-8-12-39-22)30-19-9-6-7-10-20(19)31-26/h5-12,17-18,21H,1,13-16H2,2-4H3,(H,32,35)(H,36,37)/t17-,18-,21+,29-/m1/s1. The number of amides is 2. The predicted octanol–water partition coefficient (Wildman–Crippen LogP) is 4.29. The molecule has 4 atom stereocenters. The normalized spacial score (nSPS) is 24.4. The Kier molecular flexibility index (Phi) is 6.92. The van der Waals surface area contributed by atoms with Crippen LogP contribution in [-0.4, -0.2) is 62.0 Å². The number of para-hydroxylation sites is 2. The molecule has 2 N–H and O–H groups in total. The van der Waals surface area contributed by atoms with Crippen molar-refractivity contribution >= 4 is 40.2 Å². The van der Waals surface area contributed by atoms with Gasteiger partial charge in [0.2, 0.25) is 17.7 Å². The molecule has 0 spiro atoms. The molecule has 3 aromatic rings. The third-order valence-electron chi connectivity index (χ3n) is 7.17. The third kappa shape index (κ3) is 5.38. The van der Waals surface area contributed by atoms with Crippen LogP contribution < -0.4 is 10.1 Å². The highest BCUT2D eigenvalue weighted by atomic mass is 32.1. The van der Waals surface area contributed by atoms with E-state index in [1.54, 1.807) is 6.08 Å². The van der Waals surface area contributed by atoms with E-state index in [1.807, 2.05) is 62.5 Å². The number of rotatable bonds is 8. The van der Waals surface area contributed by atoms with Crippen LogP contribution in [-0.2, 0) is 14.4 Å². The van der Waals surface area contributed by atoms with Crippen molar-refractivity contribution in [3.63, 3.8) is 0 Å². The van der Waals surface area contributed by atoms with E-state index in [1.165, 1.54) is 16.2 Å². The zero-order valence-corrected chi connectivity index (χ0v) is 23.0. The number of benzene rings is 1. The maximum atomic E-state index is 13.5. The van der Waals surface area contributed by atoms with Gasteiger partial charge in [-0.25, -0.2) is 14.8 Å². The van der Waals surface area contributed by atoms with Crippen LogP contribution >= 0.6 is 11.3 Å². The van der Waals surface area contributed by atoms with Gasteiger partial charge < -0.3 is 20.1 Å². The van der Waals surface area contributed by atoms with Crippen molar-refractivity contribution in [2.24, 2.45) is 11.3 Å². The number of carbonyl (C=O) groups excluding carboxylic acids is 2. The number of ether oxygens (including phenoxy) is 1. The molecule has 3 heterocycles. The van der Waals surface area contributed by atoms with Crippen LogP contribution in [0.4, 0.5) is 0 Å². The number of carboxylic acid groups (broad SMARTS) is 1. The summed E-state index contributed by atoms with van der Waals surface area (Å²) in [5.41, 5.74) is 0.334. The summed E-state index contributed by atoms with van der Waals surface area (Å²) in [6.45, 7) is 9.74. The van der Waals surface area contributed by atoms with Gasteiger partial charge in [-0.05, 0) is 35.4 Å². The van der Waals surface area contributed by atoms with Gasteiger partial charge in [0.05, 0.1) is 22.5 Å². The number of fused-ring (bicyclic) bond motifs is 1. The lowest BCUT2D eigenvalue weighted by Gasteiger charge is -2.28. The smallest absolute Gasteiger partial charge is 0.330 e. The monoisotopic (exact) mass is 548 g/mol. The molecule has 1 aromatic carbocycles. The van der Waals surface area contributed by atoms with Crippen LogP contribution in [0, 0.1) is 11.3 Å². The molecular weight excluding hydrogens is 516 g/mol. The Bertz CT molecular complexity index is 1430. The van der Waals surface area contributed by atoms with Gasteiger partial charge >= 0.3 is 5.97 Å². The first-order valence-electron chi connectivity index (χ1n) is 13.0. The number of carboxylic acids is 1. The summed E-state index contributed by atoms with van der Waals surface area (Å²) in [4.78, 5) is 50.8. The number of carbonyl (C=O) groups is 3. The first-order chi connectivity index (χ1) is 18.5. The van der Waals surface area contributed by atoms with E-state index in [2.05, 4.69) is 11.9 Å². The molecule has 1 saturated carbocycles. The molecule has 39 heavy (non-hydrogen) atoms. The Morgan fingerprint density at radius 1 is 1.21 bits per heavy atom. The Morgan fingerprint density at radius 2 is 1.92 bits per heavy atom. The molecule has 10 heteroatoms. The summed E-state index contributed by atoms with van der Waals surface area (Å²) < 4.78 is 6.39. The minimum Gasteiger partial charge on any atom is -0.479 e. The molecule has 0 unspecified atom stereocenters. The third-order valence-corrected chi connectivity index (χ3v) is 8.04. The molecule has 2 aromatic heterocycles. The second-order valence-electron chi connectivity index (χ2n) is 11.4. The van der Waals surface area contributed by atoms with Crippen molar-refractivity contribution in [2.45, 2.75) is 57.7 Å². The molecule has 5 rings (SSSR count). The van der Waals surface area contributed by atoms with Gasteiger partial charge in [0.15, 0.2) is 0 Å². The molecule has 9 nitrogen and oxygen atoms in total. The first kappa shape index (κ1) is 26.8. The van der Waals surface area contributed by atoms with Crippen LogP contribution in [0.15, 0.2) is 54.4 Å². The molecule has 1 aliphatic carbocycles.